The first-order valence-electron chi connectivity index (χ1n) is 6.58. The molecule has 0 spiro atoms. The number of carbonyl (C=O) groups is 1. The van der Waals surface area contributed by atoms with Crippen LogP contribution in [-0.2, 0) is 4.79 Å². The van der Waals surface area contributed by atoms with Gasteiger partial charge in [0, 0.05) is 19.0 Å². The van der Waals surface area contributed by atoms with Crippen molar-refractivity contribution in [1.82, 2.24) is 4.90 Å². The lowest BCUT2D eigenvalue weighted by atomic mass is 9.96. The highest BCUT2D eigenvalue weighted by molar-refractivity contribution is 5.76. The Morgan fingerprint density at radius 1 is 1.31 bits per heavy atom. The number of rotatable bonds is 7. The van der Waals surface area contributed by atoms with Gasteiger partial charge in [0.25, 0.3) is 0 Å². The molecule has 96 valence electrons. The predicted octanol–water partition coefficient (Wildman–Crippen LogP) is 3.85. The van der Waals surface area contributed by atoms with Crippen molar-refractivity contribution in [2.24, 2.45) is 5.92 Å². The summed E-state index contributed by atoms with van der Waals surface area (Å²) in [5.74, 6) is 0.987. The standard InChI is InChI=1S/C14H29NO/c1-7-11-14(4,5)15(6)13(16)10-8-9-12(2)3/h12H,7-11H2,1-6H3. The fraction of sp³-hybridized carbons (Fsp3) is 0.929. The SMILES string of the molecule is CCCC(C)(C)N(C)C(=O)CCCC(C)C. The van der Waals surface area contributed by atoms with E-state index in [1.54, 1.807) is 0 Å². The second-order valence-corrected chi connectivity index (χ2v) is 5.80. The lowest BCUT2D eigenvalue weighted by molar-refractivity contribution is -0.135. The molecule has 0 aromatic rings. The Labute approximate surface area is 101 Å². The molecule has 1 amide bonds. The molecule has 0 aliphatic rings. The predicted molar refractivity (Wildman–Crippen MR) is 70.4 cm³/mol. The van der Waals surface area contributed by atoms with Gasteiger partial charge in [-0.25, -0.2) is 0 Å². The van der Waals surface area contributed by atoms with E-state index >= 15 is 0 Å². The zero-order chi connectivity index (χ0) is 12.8. The molecule has 0 atom stereocenters. The smallest absolute Gasteiger partial charge is 0.222 e. The maximum Gasteiger partial charge on any atom is 0.222 e. The summed E-state index contributed by atoms with van der Waals surface area (Å²) in [6.45, 7) is 10.9. The van der Waals surface area contributed by atoms with Gasteiger partial charge in [-0.05, 0) is 32.6 Å². The molecule has 2 nitrogen and oxygen atoms in total. The van der Waals surface area contributed by atoms with Gasteiger partial charge in [-0.1, -0.05) is 33.6 Å². The van der Waals surface area contributed by atoms with Crippen LogP contribution in [0.2, 0.25) is 0 Å². The summed E-state index contributed by atoms with van der Waals surface area (Å²) in [7, 11) is 1.94. The van der Waals surface area contributed by atoms with Crippen molar-refractivity contribution in [1.29, 1.82) is 0 Å². The number of carbonyl (C=O) groups excluding carboxylic acids is 1. The van der Waals surface area contributed by atoms with E-state index in [0.717, 1.165) is 25.7 Å². The molecule has 0 radical (unpaired) electrons. The average molecular weight is 227 g/mol. The quantitative estimate of drug-likeness (QED) is 0.647. The number of amides is 1. The molecule has 0 unspecified atom stereocenters. The zero-order valence-corrected chi connectivity index (χ0v) is 12.0. The molecule has 0 fully saturated rings. The molecule has 0 rings (SSSR count). The van der Waals surface area contributed by atoms with Crippen LogP contribution in [0.3, 0.4) is 0 Å². The summed E-state index contributed by atoms with van der Waals surface area (Å²) in [5, 5.41) is 0. The van der Waals surface area contributed by atoms with E-state index in [1.165, 1.54) is 0 Å². The first-order valence-corrected chi connectivity index (χ1v) is 6.58. The molecular formula is C14H29NO. The van der Waals surface area contributed by atoms with Crippen LogP contribution in [0.15, 0.2) is 0 Å². The normalized spacial score (nSPS) is 11.9. The van der Waals surface area contributed by atoms with E-state index in [9.17, 15) is 4.79 Å². The van der Waals surface area contributed by atoms with Gasteiger partial charge in [0.15, 0.2) is 0 Å². The van der Waals surface area contributed by atoms with Gasteiger partial charge in [0.05, 0.1) is 0 Å². The van der Waals surface area contributed by atoms with E-state index in [1.807, 2.05) is 11.9 Å². The largest absolute Gasteiger partial charge is 0.341 e. The fourth-order valence-corrected chi connectivity index (χ4v) is 1.95. The summed E-state index contributed by atoms with van der Waals surface area (Å²) < 4.78 is 0. The van der Waals surface area contributed by atoms with E-state index < -0.39 is 0 Å². The van der Waals surface area contributed by atoms with Crippen LogP contribution in [0.25, 0.3) is 0 Å². The highest BCUT2D eigenvalue weighted by atomic mass is 16.2. The molecule has 2 heteroatoms. The van der Waals surface area contributed by atoms with Gasteiger partial charge in [0.2, 0.25) is 5.91 Å². The first-order chi connectivity index (χ1) is 7.31. The third-order valence-electron chi connectivity index (χ3n) is 3.32. The van der Waals surface area contributed by atoms with Gasteiger partial charge in [-0.3, -0.25) is 4.79 Å². The average Bonchev–Trinajstić information content (AvgIpc) is 2.15. The third-order valence-corrected chi connectivity index (χ3v) is 3.32. The van der Waals surface area contributed by atoms with Crippen LogP contribution < -0.4 is 0 Å². The Morgan fingerprint density at radius 2 is 1.88 bits per heavy atom. The van der Waals surface area contributed by atoms with Crippen LogP contribution in [0.1, 0.15) is 66.7 Å². The van der Waals surface area contributed by atoms with Crippen molar-refractivity contribution in [2.45, 2.75) is 72.3 Å². The minimum Gasteiger partial charge on any atom is -0.341 e. The Balaban J connectivity index is 4.07. The molecule has 0 bridgehead atoms. The van der Waals surface area contributed by atoms with Crippen molar-refractivity contribution >= 4 is 5.91 Å². The molecule has 0 saturated heterocycles. The molecule has 0 saturated carbocycles. The highest BCUT2D eigenvalue weighted by Crippen LogP contribution is 2.20. The molecule has 0 heterocycles. The molecule has 0 aromatic heterocycles. The van der Waals surface area contributed by atoms with E-state index in [-0.39, 0.29) is 5.54 Å². The van der Waals surface area contributed by atoms with E-state index in [2.05, 4.69) is 34.6 Å². The van der Waals surface area contributed by atoms with Crippen molar-refractivity contribution < 1.29 is 4.79 Å². The van der Waals surface area contributed by atoms with Gasteiger partial charge in [-0.15, -0.1) is 0 Å². The van der Waals surface area contributed by atoms with Crippen LogP contribution in [0.5, 0.6) is 0 Å². The molecule has 16 heavy (non-hydrogen) atoms. The minimum atomic E-state index is 0.00363. The second kappa shape index (κ2) is 6.93. The Kier molecular flexibility index (Phi) is 6.70. The Bertz CT molecular complexity index is 209. The summed E-state index contributed by atoms with van der Waals surface area (Å²) in [5.41, 5.74) is 0.00363. The maximum absolute atomic E-state index is 12.0. The second-order valence-electron chi connectivity index (χ2n) is 5.80. The Hall–Kier alpha value is -0.530. The summed E-state index contributed by atoms with van der Waals surface area (Å²) in [6, 6.07) is 0. The summed E-state index contributed by atoms with van der Waals surface area (Å²) >= 11 is 0. The topological polar surface area (TPSA) is 20.3 Å². The lowest BCUT2D eigenvalue weighted by Crippen LogP contribution is -2.44. The van der Waals surface area contributed by atoms with Gasteiger partial charge in [-0.2, -0.15) is 0 Å². The molecule has 0 aliphatic carbocycles. The Morgan fingerprint density at radius 3 is 2.31 bits per heavy atom. The maximum atomic E-state index is 12.0. The van der Waals surface area contributed by atoms with Crippen molar-refractivity contribution in [3.63, 3.8) is 0 Å². The van der Waals surface area contributed by atoms with Gasteiger partial charge in [0.1, 0.15) is 0 Å². The number of hydrogen-bond acceptors (Lipinski definition) is 1. The molecular weight excluding hydrogens is 198 g/mol. The van der Waals surface area contributed by atoms with Gasteiger partial charge < -0.3 is 4.90 Å². The van der Waals surface area contributed by atoms with Crippen molar-refractivity contribution in [3.8, 4) is 0 Å². The van der Waals surface area contributed by atoms with E-state index in [0.29, 0.717) is 18.2 Å². The van der Waals surface area contributed by atoms with Crippen molar-refractivity contribution in [2.75, 3.05) is 7.05 Å². The number of nitrogens with zero attached hydrogens (tertiary/aromatic N) is 1. The molecule has 0 aliphatic heterocycles. The monoisotopic (exact) mass is 227 g/mol. The van der Waals surface area contributed by atoms with Crippen LogP contribution >= 0.6 is 0 Å². The lowest BCUT2D eigenvalue weighted by Gasteiger charge is -2.35. The number of hydrogen-bond donors (Lipinski definition) is 0. The highest BCUT2D eigenvalue weighted by Gasteiger charge is 2.25. The summed E-state index contributed by atoms with van der Waals surface area (Å²) in [6.07, 6.45) is 5.05. The minimum absolute atomic E-state index is 0.00363. The van der Waals surface area contributed by atoms with Crippen LogP contribution in [-0.4, -0.2) is 23.4 Å². The third kappa shape index (κ3) is 5.53. The van der Waals surface area contributed by atoms with Crippen molar-refractivity contribution in [3.05, 3.63) is 0 Å². The zero-order valence-electron chi connectivity index (χ0n) is 12.0. The molecule has 0 N–H and O–H groups in total. The fourth-order valence-electron chi connectivity index (χ4n) is 1.95. The van der Waals surface area contributed by atoms with Gasteiger partial charge >= 0.3 is 0 Å². The van der Waals surface area contributed by atoms with Crippen LogP contribution in [0.4, 0.5) is 0 Å². The summed E-state index contributed by atoms with van der Waals surface area (Å²) in [4.78, 5) is 13.9. The van der Waals surface area contributed by atoms with Crippen LogP contribution in [0, 0.1) is 5.92 Å². The molecule has 0 aromatic carbocycles. The van der Waals surface area contributed by atoms with E-state index in [4.69, 9.17) is 0 Å². The first kappa shape index (κ1) is 15.5.